The van der Waals surface area contributed by atoms with E-state index in [9.17, 15) is 4.79 Å². The molecule has 0 radical (unpaired) electrons. The number of fused-ring (bicyclic) bond motifs is 1. The minimum absolute atomic E-state index is 0.380. The van der Waals surface area contributed by atoms with E-state index in [0.29, 0.717) is 11.1 Å². The van der Waals surface area contributed by atoms with Gasteiger partial charge in [-0.05, 0) is 31.4 Å². The van der Waals surface area contributed by atoms with Gasteiger partial charge in [-0.25, -0.2) is 4.79 Å². The molecule has 16 heavy (non-hydrogen) atoms. The van der Waals surface area contributed by atoms with Crippen molar-refractivity contribution < 1.29 is 4.42 Å². The summed E-state index contributed by atoms with van der Waals surface area (Å²) in [6.45, 7) is 3.67. The van der Waals surface area contributed by atoms with Crippen LogP contribution in [0.2, 0.25) is 0 Å². The summed E-state index contributed by atoms with van der Waals surface area (Å²) in [6.07, 6.45) is 0. The van der Waals surface area contributed by atoms with Crippen molar-refractivity contribution in [3.8, 4) is 6.07 Å². The summed E-state index contributed by atoms with van der Waals surface area (Å²) in [5.74, 6) is 0.0169. The van der Waals surface area contributed by atoms with Gasteiger partial charge in [0, 0.05) is 0 Å². The number of hydrogen-bond donors (Lipinski definition) is 0. The van der Waals surface area contributed by atoms with Crippen LogP contribution in [0.5, 0.6) is 0 Å². The molecule has 1 unspecified atom stereocenters. The maximum Gasteiger partial charge on any atom is 0.343 e. The van der Waals surface area contributed by atoms with Gasteiger partial charge in [0.2, 0.25) is 0 Å². The first-order chi connectivity index (χ1) is 7.61. The highest BCUT2D eigenvalue weighted by Gasteiger charge is 2.10. The Bertz CT molecular complexity index is 634. The van der Waals surface area contributed by atoms with Gasteiger partial charge in [-0.3, -0.25) is 0 Å². The average molecular weight is 213 g/mol. The van der Waals surface area contributed by atoms with Crippen LogP contribution in [0.3, 0.4) is 0 Å². The quantitative estimate of drug-likeness (QED) is 0.731. The van der Waals surface area contributed by atoms with E-state index in [-0.39, 0.29) is 5.63 Å². The molecule has 3 nitrogen and oxygen atoms in total. The summed E-state index contributed by atoms with van der Waals surface area (Å²) >= 11 is 0. The Balaban J connectivity index is 2.76. The van der Waals surface area contributed by atoms with Gasteiger partial charge in [-0.15, -0.1) is 0 Å². The molecule has 80 valence electrons. The van der Waals surface area contributed by atoms with Crippen molar-refractivity contribution in [3.05, 3.63) is 46.0 Å². The van der Waals surface area contributed by atoms with E-state index in [2.05, 4.69) is 6.07 Å². The smallest absolute Gasteiger partial charge is 0.343 e. The molecule has 2 aromatic rings. The Morgan fingerprint density at radius 1 is 1.38 bits per heavy atom. The van der Waals surface area contributed by atoms with Gasteiger partial charge >= 0.3 is 5.63 Å². The van der Waals surface area contributed by atoms with Crippen LogP contribution < -0.4 is 5.63 Å². The van der Waals surface area contributed by atoms with Crippen LogP contribution in [-0.2, 0) is 0 Å². The van der Waals surface area contributed by atoms with E-state index >= 15 is 0 Å². The van der Waals surface area contributed by atoms with Gasteiger partial charge in [0.1, 0.15) is 11.7 Å². The second-order valence-corrected chi connectivity index (χ2v) is 3.88. The normalized spacial score (nSPS) is 12.3. The Kier molecular flexibility index (Phi) is 2.49. The molecule has 3 heteroatoms. The molecular weight excluding hydrogens is 202 g/mol. The molecule has 0 aliphatic carbocycles. The Morgan fingerprint density at radius 2 is 2.12 bits per heavy atom. The number of aryl methyl sites for hydroxylation is 1. The molecule has 1 aromatic carbocycles. The van der Waals surface area contributed by atoms with Crippen molar-refractivity contribution in [2.45, 2.75) is 19.8 Å². The van der Waals surface area contributed by atoms with Crippen LogP contribution in [-0.4, -0.2) is 0 Å². The summed E-state index contributed by atoms with van der Waals surface area (Å²) in [5.41, 5.74) is 0.697. The first-order valence-electron chi connectivity index (χ1n) is 5.06. The van der Waals surface area contributed by atoms with E-state index in [1.54, 1.807) is 19.1 Å². The summed E-state index contributed by atoms with van der Waals surface area (Å²) in [7, 11) is 0. The lowest BCUT2D eigenvalue weighted by Gasteiger charge is -2.03. The van der Waals surface area contributed by atoms with Crippen molar-refractivity contribution in [2.75, 3.05) is 0 Å². The van der Waals surface area contributed by atoms with Crippen LogP contribution in [0, 0.1) is 18.3 Å². The molecule has 0 aliphatic rings. The van der Waals surface area contributed by atoms with Gasteiger partial charge in [0.25, 0.3) is 0 Å². The lowest BCUT2D eigenvalue weighted by atomic mass is 10.1. The highest BCUT2D eigenvalue weighted by atomic mass is 16.4. The van der Waals surface area contributed by atoms with Crippen LogP contribution in [0.15, 0.2) is 33.5 Å². The lowest BCUT2D eigenvalue weighted by molar-refractivity contribution is 0.460. The van der Waals surface area contributed by atoms with Gasteiger partial charge in [0.05, 0.1) is 11.5 Å². The first-order valence-corrected chi connectivity index (χ1v) is 5.06. The molecule has 0 amide bonds. The van der Waals surface area contributed by atoms with Crippen LogP contribution in [0.1, 0.15) is 24.2 Å². The fraction of sp³-hybridized carbons (Fsp3) is 0.231. The number of rotatable bonds is 1. The molecule has 0 aliphatic heterocycles. The third-order valence-corrected chi connectivity index (χ3v) is 2.56. The molecular formula is C13H11NO2. The summed E-state index contributed by atoms with van der Waals surface area (Å²) in [6, 6.07) is 9.35. The molecule has 0 bridgehead atoms. The van der Waals surface area contributed by atoms with Crippen molar-refractivity contribution in [2.24, 2.45) is 0 Å². The number of hydrogen-bond acceptors (Lipinski definition) is 3. The molecule has 1 heterocycles. The number of nitriles is 1. The average Bonchev–Trinajstić information content (AvgIpc) is 2.27. The third kappa shape index (κ3) is 1.70. The maximum absolute atomic E-state index is 11.7. The third-order valence-electron chi connectivity index (χ3n) is 2.56. The first kappa shape index (κ1) is 10.4. The van der Waals surface area contributed by atoms with E-state index in [1.807, 2.05) is 19.1 Å². The largest absolute Gasteiger partial charge is 0.426 e. The van der Waals surface area contributed by atoms with Crippen LogP contribution in [0.4, 0.5) is 0 Å². The van der Waals surface area contributed by atoms with Gasteiger partial charge < -0.3 is 4.42 Å². The summed E-state index contributed by atoms with van der Waals surface area (Å²) in [5, 5.41) is 10.2. The lowest BCUT2D eigenvalue weighted by Crippen LogP contribution is -2.03. The zero-order valence-corrected chi connectivity index (χ0v) is 9.15. The maximum atomic E-state index is 11.7. The van der Waals surface area contributed by atoms with Gasteiger partial charge in [-0.2, -0.15) is 5.26 Å². The van der Waals surface area contributed by atoms with Gasteiger partial charge in [-0.1, -0.05) is 17.7 Å². The van der Waals surface area contributed by atoms with Crippen molar-refractivity contribution in [1.82, 2.24) is 0 Å². The predicted octanol–water partition coefficient (Wildman–Crippen LogP) is 2.73. The van der Waals surface area contributed by atoms with Crippen molar-refractivity contribution >= 4 is 10.8 Å². The Labute approximate surface area is 92.9 Å². The fourth-order valence-electron chi connectivity index (χ4n) is 1.61. The molecule has 2 rings (SSSR count). The minimum atomic E-state index is -0.405. The predicted molar refractivity (Wildman–Crippen MR) is 61.2 cm³/mol. The fourth-order valence-corrected chi connectivity index (χ4v) is 1.61. The number of nitrogens with zero attached hydrogens (tertiary/aromatic N) is 1. The highest BCUT2D eigenvalue weighted by Crippen LogP contribution is 2.19. The van der Waals surface area contributed by atoms with Gasteiger partial charge in [0.15, 0.2) is 0 Å². The van der Waals surface area contributed by atoms with Crippen molar-refractivity contribution in [1.29, 1.82) is 5.26 Å². The van der Waals surface area contributed by atoms with E-state index in [4.69, 9.17) is 9.68 Å². The standard InChI is InChI=1S/C13H11NO2/c1-8-3-4-11-10(5-8)6-12(9(2)7-14)16-13(11)15/h3-6,9H,1-2H3. The molecule has 1 atom stereocenters. The van der Waals surface area contributed by atoms with Crippen molar-refractivity contribution in [3.63, 3.8) is 0 Å². The monoisotopic (exact) mass is 213 g/mol. The highest BCUT2D eigenvalue weighted by molar-refractivity contribution is 5.82. The molecule has 0 saturated carbocycles. The summed E-state index contributed by atoms with van der Waals surface area (Å²) < 4.78 is 5.11. The Morgan fingerprint density at radius 3 is 2.81 bits per heavy atom. The van der Waals surface area contributed by atoms with Crippen LogP contribution >= 0.6 is 0 Å². The molecule has 1 aromatic heterocycles. The SMILES string of the molecule is Cc1ccc2c(=O)oc(C(C)C#N)cc2c1. The molecule has 0 saturated heterocycles. The summed E-state index contributed by atoms with van der Waals surface area (Å²) in [4.78, 5) is 11.7. The van der Waals surface area contributed by atoms with Crippen LogP contribution in [0.25, 0.3) is 10.8 Å². The second-order valence-electron chi connectivity index (χ2n) is 3.88. The number of benzene rings is 1. The second kappa shape index (κ2) is 3.82. The molecule has 0 N–H and O–H groups in total. The zero-order valence-electron chi connectivity index (χ0n) is 9.15. The van der Waals surface area contributed by atoms with E-state index < -0.39 is 5.92 Å². The molecule has 0 fully saturated rings. The topological polar surface area (TPSA) is 54.0 Å². The van der Waals surface area contributed by atoms with E-state index in [1.165, 1.54) is 0 Å². The molecule has 0 spiro atoms. The Hall–Kier alpha value is -2.08. The minimum Gasteiger partial charge on any atom is -0.426 e. The van der Waals surface area contributed by atoms with E-state index in [0.717, 1.165) is 10.9 Å². The zero-order chi connectivity index (χ0) is 11.7.